The van der Waals surface area contributed by atoms with Crippen molar-refractivity contribution in [3.05, 3.63) is 47.7 Å². The van der Waals surface area contributed by atoms with Gasteiger partial charge in [-0.2, -0.15) is 5.26 Å². The highest BCUT2D eigenvalue weighted by molar-refractivity contribution is 5.38. The number of methoxy groups -OCH3 is 1. The molecule has 1 aromatic heterocycles. The molecule has 0 aliphatic carbocycles. The van der Waals surface area contributed by atoms with E-state index < -0.39 is 0 Å². The van der Waals surface area contributed by atoms with Crippen molar-refractivity contribution < 1.29 is 14.6 Å². The Balaban J connectivity index is 2.21. The molecule has 1 heterocycles. The minimum Gasteiger partial charge on any atom is -0.497 e. The molecule has 0 aliphatic heterocycles. The molecule has 2 rings (SSSR count). The molecule has 5 nitrogen and oxygen atoms in total. The highest BCUT2D eigenvalue weighted by Crippen LogP contribution is 2.23. The Labute approximate surface area is 110 Å². The maximum atomic E-state index is 9.12. The van der Waals surface area contributed by atoms with E-state index in [0.29, 0.717) is 22.9 Å². The Hall–Kier alpha value is -2.58. The summed E-state index contributed by atoms with van der Waals surface area (Å²) >= 11 is 0. The predicted octanol–water partition coefficient (Wildman–Crippen LogP) is 2.25. The molecule has 0 bridgehead atoms. The number of pyridine rings is 1. The van der Waals surface area contributed by atoms with Gasteiger partial charge in [-0.05, 0) is 30.3 Å². The molecule has 0 saturated heterocycles. The second kappa shape index (κ2) is 5.85. The molecule has 0 radical (unpaired) electrons. The predicted molar refractivity (Wildman–Crippen MR) is 67.9 cm³/mol. The van der Waals surface area contributed by atoms with Gasteiger partial charge in [0.25, 0.3) is 0 Å². The van der Waals surface area contributed by atoms with Gasteiger partial charge < -0.3 is 14.6 Å². The van der Waals surface area contributed by atoms with E-state index in [4.69, 9.17) is 19.8 Å². The van der Waals surface area contributed by atoms with Gasteiger partial charge in [0.15, 0.2) is 0 Å². The summed E-state index contributed by atoms with van der Waals surface area (Å²) in [5, 5.41) is 18.0. The van der Waals surface area contributed by atoms with Gasteiger partial charge in [0.1, 0.15) is 17.6 Å². The van der Waals surface area contributed by atoms with Crippen LogP contribution in [0.2, 0.25) is 0 Å². The van der Waals surface area contributed by atoms with E-state index in [-0.39, 0.29) is 6.61 Å². The number of aliphatic hydroxyl groups is 1. The van der Waals surface area contributed by atoms with Crippen LogP contribution in [0.4, 0.5) is 0 Å². The average Bonchev–Trinajstić information content (AvgIpc) is 2.48. The lowest BCUT2D eigenvalue weighted by atomic mass is 10.2. The lowest BCUT2D eigenvalue weighted by Gasteiger charge is -2.07. The summed E-state index contributed by atoms with van der Waals surface area (Å²) in [6.07, 6.45) is 0. The van der Waals surface area contributed by atoms with Gasteiger partial charge >= 0.3 is 0 Å². The number of nitriles is 1. The first-order chi connectivity index (χ1) is 9.26. The van der Waals surface area contributed by atoms with Crippen LogP contribution >= 0.6 is 0 Å². The van der Waals surface area contributed by atoms with Crippen molar-refractivity contribution >= 4 is 0 Å². The van der Waals surface area contributed by atoms with E-state index in [1.807, 2.05) is 6.07 Å². The number of aromatic nitrogens is 1. The zero-order valence-corrected chi connectivity index (χ0v) is 10.3. The summed E-state index contributed by atoms with van der Waals surface area (Å²) < 4.78 is 10.6. The number of ether oxygens (including phenoxy) is 2. The van der Waals surface area contributed by atoms with E-state index >= 15 is 0 Å². The summed E-state index contributed by atoms with van der Waals surface area (Å²) in [6, 6.07) is 12.1. The van der Waals surface area contributed by atoms with Gasteiger partial charge in [-0.25, -0.2) is 4.98 Å². The van der Waals surface area contributed by atoms with Gasteiger partial charge in [0, 0.05) is 6.07 Å². The first kappa shape index (κ1) is 12.9. The third-order valence-electron chi connectivity index (χ3n) is 2.50. The first-order valence-corrected chi connectivity index (χ1v) is 5.59. The number of benzene rings is 1. The number of rotatable bonds is 4. The Morgan fingerprint density at radius 2 is 1.84 bits per heavy atom. The molecule has 0 amide bonds. The minimum atomic E-state index is -0.303. The summed E-state index contributed by atoms with van der Waals surface area (Å²) in [7, 11) is 1.59. The minimum absolute atomic E-state index is 0.300. The number of hydrogen-bond donors (Lipinski definition) is 1. The van der Waals surface area contributed by atoms with Crippen LogP contribution < -0.4 is 9.47 Å². The number of aliphatic hydroxyl groups excluding tert-OH is 1. The van der Waals surface area contributed by atoms with Gasteiger partial charge in [-0.1, -0.05) is 0 Å². The second-order valence-electron chi connectivity index (χ2n) is 3.69. The van der Waals surface area contributed by atoms with Gasteiger partial charge in [0.05, 0.1) is 25.0 Å². The number of hydrogen-bond acceptors (Lipinski definition) is 5. The fraction of sp³-hybridized carbons (Fsp3) is 0.143. The highest BCUT2D eigenvalue weighted by Gasteiger charge is 2.06. The Morgan fingerprint density at radius 3 is 2.42 bits per heavy atom. The van der Waals surface area contributed by atoms with Crippen LogP contribution in [0.1, 0.15) is 11.3 Å². The molecule has 5 heteroatoms. The Kier molecular flexibility index (Phi) is 3.96. The van der Waals surface area contributed by atoms with Crippen LogP contribution in [0, 0.1) is 11.3 Å². The Morgan fingerprint density at radius 1 is 1.16 bits per heavy atom. The maximum absolute atomic E-state index is 9.12. The highest BCUT2D eigenvalue weighted by atomic mass is 16.5. The Bertz CT molecular complexity index is 603. The molecule has 2 aromatic rings. The smallest absolute Gasteiger partial charge is 0.219 e. The summed E-state index contributed by atoms with van der Waals surface area (Å²) in [5.41, 5.74) is 0.637. The van der Waals surface area contributed by atoms with Crippen LogP contribution in [-0.2, 0) is 6.61 Å². The van der Waals surface area contributed by atoms with Crippen molar-refractivity contribution in [1.29, 1.82) is 5.26 Å². The molecule has 96 valence electrons. The lowest BCUT2D eigenvalue weighted by Crippen LogP contribution is -1.97. The third kappa shape index (κ3) is 3.00. The van der Waals surface area contributed by atoms with Crippen molar-refractivity contribution in [1.82, 2.24) is 4.98 Å². The van der Waals surface area contributed by atoms with E-state index in [0.717, 1.165) is 5.75 Å². The molecule has 0 fully saturated rings. The van der Waals surface area contributed by atoms with Gasteiger partial charge in [-0.3, -0.25) is 0 Å². The molecule has 1 aromatic carbocycles. The molecule has 0 aliphatic rings. The molecule has 0 atom stereocenters. The second-order valence-corrected chi connectivity index (χ2v) is 3.69. The van der Waals surface area contributed by atoms with Crippen molar-refractivity contribution in [3.8, 4) is 23.4 Å². The number of nitrogens with zero attached hydrogens (tertiary/aromatic N) is 2. The third-order valence-corrected chi connectivity index (χ3v) is 2.50. The molecular formula is C14H12N2O3. The monoisotopic (exact) mass is 256 g/mol. The zero-order chi connectivity index (χ0) is 13.7. The first-order valence-electron chi connectivity index (χ1n) is 5.59. The van der Waals surface area contributed by atoms with Crippen molar-refractivity contribution in [3.63, 3.8) is 0 Å². The van der Waals surface area contributed by atoms with Crippen molar-refractivity contribution in [2.24, 2.45) is 0 Å². The van der Waals surface area contributed by atoms with Crippen LogP contribution in [-0.4, -0.2) is 17.2 Å². The molecule has 1 N–H and O–H groups in total. The summed E-state index contributed by atoms with van der Waals surface area (Å²) in [6.45, 7) is -0.303. The maximum Gasteiger partial charge on any atom is 0.219 e. The van der Waals surface area contributed by atoms with Gasteiger partial charge in [0.2, 0.25) is 5.88 Å². The topological polar surface area (TPSA) is 75.4 Å². The van der Waals surface area contributed by atoms with Crippen LogP contribution in [0.25, 0.3) is 0 Å². The van der Waals surface area contributed by atoms with Crippen LogP contribution in [0.5, 0.6) is 17.4 Å². The normalized spacial score (nSPS) is 9.74. The van der Waals surface area contributed by atoms with E-state index in [9.17, 15) is 0 Å². The van der Waals surface area contributed by atoms with Crippen molar-refractivity contribution in [2.75, 3.05) is 7.11 Å². The molecule has 0 saturated carbocycles. The van der Waals surface area contributed by atoms with Crippen LogP contribution in [0.15, 0.2) is 36.4 Å². The molecule has 19 heavy (non-hydrogen) atoms. The fourth-order valence-corrected chi connectivity index (χ4v) is 1.53. The quantitative estimate of drug-likeness (QED) is 0.907. The van der Waals surface area contributed by atoms with E-state index in [1.54, 1.807) is 43.5 Å². The van der Waals surface area contributed by atoms with E-state index in [1.165, 1.54) is 0 Å². The molecule has 0 unspecified atom stereocenters. The average molecular weight is 256 g/mol. The summed E-state index contributed by atoms with van der Waals surface area (Å²) in [4.78, 5) is 4.07. The van der Waals surface area contributed by atoms with Gasteiger partial charge in [-0.15, -0.1) is 0 Å². The van der Waals surface area contributed by atoms with E-state index in [2.05, 4.69) is 4.98 Å². The summed E-state index contributed by atoms with van der Waals surface area (Å²) in [5.74, 6) is 1.66. The van der Waals surface area contributed by atoms with Crippen LogP contribution in [0.3, 0.4) is 0 Å². The van der Waals surface area contributed by atoms with Crippen molar-refractivity contribution in [2.45, 2.75) is 6.61 Å². The lowest BCUT2D eigenvalue weighted by molar-refractivity contribution is 0.275. The standard InChI is InChI=1S/C14H12N2O3/c1-18-11-3-5-12(6-4-11)19-14-7-2-10(8-15)13(9-17)16-14/h2-7,17H,9H2,1H3. The molecule has 0 spiro atoms. The fourth-order valence-electron chi connectivity index (χ4n) is 1.53. The SMILES string of the molecule is COc1ccc(Oc2ccc(C#N)c(CO)n2)cc1. The zero-order valence-electron chi connectivity index (χ0n) is 10.3. The largest absolute Gasteiger partial charge is 0.497 e. The molecular weight excluding hydrogens is 244 g/mol.